The molecule has 1 aliphatic heterocycles. The van der Waals surface area contributed by atoms with E-state index < -0.39 is 0 Å². The van der Waals surface area contributed by atoms with Crippen molar-refractivity contribution in [1.29, 1.82) is 0 Å². The minimum atomic E-state index is -0.207. The SMILES string of the molecule is CC1(C)CC(C)(CI)[N+]1([O-])c1ccccc1. The highest BCUT2D eigenvalue weighted by Gasteiger charge is 2.64. The zero-order chi connectivity index (χ0) is 12.0. The Bertz CT molecular complexity index is 392. The molecule has 88 valence electrons. The molecule has 0 N–H and O–H groups in total. The Kier molecular flexibility index (Phi) is 2.84. The summed E-state index contributed by atoms with van der Waals surface area (Å²) >= 11 is 2.33. The highest BCUT2D eigenvalue weighted by molar-refractivity contribution is 14.1. The Balaban J connectivity index is 2.50. The maximum Gasteiger partial charge on any atom is 0.133 e. The van der Waals surface area contributed by atoms with E-state index >= 15 is 0 Å². The molecule has 0 saturated carbocycles. The molecule has 1 aromatic rings. The van der Waals surface area contributed by atoms with Gasteiger partial charge in [0.15, 0.2) is 0 Å². The molecule has 3 heteroatoms. The molecule has 2 unspecified atom stereocenters. The van der Waals surface area contributed by atoms with Crippen LogP contribution in [-0.4, -0.2) is 15.5 Å². The lowest BCUT2D eigenvalue weighted by Crippen LogP contribution is -2.82. The molecular weight excluding hydrogens is 313 g/mol. The van der Waals surface area contributed by atoms with Crippen LogP contribution in [-0.2, 0) is 0 Å². The number of hydrogen-bond donors (Lipinski definition) is 0. The van der Waals surface area contributed by atoms with Crippen LogP contribution < -0.4 is 4.65 Å². The number of para-hydroxylation sites is 1. The number of alkyl halides is 1. The summed E-state index contributed by atoms with van der Waals surface area (Å²) in [5, 5.41) is 13.2. The second-order valence-corrected chi connectivity index (χ2v) is 6.33. The first-order chi connectivity index (χ1) is 7.37. The van der Waals surface area contributed by atoms with E-state index in [-0.39, 0.29) is 15.7 Å². The molecule has 1 saturated heterocycles. The van der Waals surface area contributed by atoms with Crippen LogP contribution in [0.25, 0.3) is 0 Å². The molecule has 0 spiro atoms. The largest absolute Gasteiger partial charge is 0.627 e. The minimum Gasteiger partial charge on any atom is -0.627 e. The van der Waals surface area contributed by atoms with Crippen molar-refractivity contribution < 1.29 is 0 Å². The average Bonchev–Trinajstić information content (AvgIpc) is 2.28. The Hall–Kier alpha value is -0.130. The Morgan fingerprint density at radius 2 is 1.81 bits per heavy atom. The standard InChI is InChI=1S/C13H18INO/c1-12(2)9-13(3,10-14)15(12,16)11-7-5-4-6-8-11/h4-8H,9-10H2,1-3H3. The van der Waals surface area contributed by atoms with Gasteiger partial charge in [0.1, 0.15) is 16.8 Å². The van der Waals surface area contributed by atoms with E-state index in [0.717, 1.165) is 16.5 Å². The number of benzene rings is 1. The highest BCUT2D eigenvalue weighted by Crippen LogP contribution is 2.55. The lowest BCUT2D eigenvalue weighted by molar-refractivity contribution is -0.0510. The smallest absolute Gasteiger partial charge is 0.133 e. The number of halogens is 1. The normalized spacial score (nSPS) is 36.8. The van der Waals surface area contributed by atoms with Gasteiger partial charge < -0.3 is 9.85 Å². The van der Waals surface area contributed by atoms with Crippen molar-refractivity contribution in [3.05, 3.63) is 35.5 Å². The number of hydroxylamine groups is 2. The van der Waals surface area contributed by atoms with E-state index in [0.29, 0.717) is 0 Å². The van der Waals surface area contributed by atoms with Gasteiger partial charge in [0.2, 0.25) is 0 Å². The van der Waals surface area contributed by atoms with Crippen LogP contribution in [0.4, 0.5) is 5.69 Å². The van der Waals surface area contributed by atoms with Gasteiger partial charge in [-0.15, -0.1) is 0 Å². The van der Waals surface area contributed by atoms with Crippen molar-refractivity contribution in [3.63, 3.8) is 0 Å². The van der Waals surface area contributed by atoms with E-state index in [4.69, 9.17) is 0 Å². The van der Waals surface area contributed by atoms with E-state index in [2.05, 4.69) is 43.4 Å². The van der Waals surface area contributed by atoms with Gasteiger partial charge in [-0.3, -0.25) is 0 Å². The van der Waals surface area contributed by atoms with E-state index in [1.54, 1.807) is 0 Å². The van der Waals surface area contributed by atoms with Gasteiger partial charge in [0.05, 0.1) is 10.8 Å². The second kappa shape index (κ2) is 3.68. The van der Waals surface area contributed by atoms with Crippen molar-refractivity contribution in [2.24, 2.45) is 0 Å². The van der Waals surface area contributed by atoms with Gasteiger partial charge in [-0.2, -0.15) is 0 Å². The predicted molar refractivity (Wildman–Crippen MR) is 77.6 cm³/mol. The molecular formula is C13H18INO. The van der Waals surface area contributed by atoms with E-state index in [1.807, 2.05) is 30.3 Å². The lowest BCUT2D eigenvalue weighted by atomic mass is 9.71. The summed E-state index contributed by atoms with van der Waals surface area (Å²) in [7, 11) is 0. The van der Waals surface area contributed by atoms with Crippen molar-refractivity contribution in [3.8, 4) is 0 Å². The maximum absolute atomic E-state index is 13.2. The van der Waals surface area contributed by atoms with Crippen LogP contribution in [0.5, 0.6) is 0 Å². The number of hydrogen-bond acceptors (Lipinski definition) is 1. The first-order valence-electron chi connectivity index (χ1n) is 5.59. The van der Waals surface area contributed by atoms with Crippen LogP contribution in [0.15, 0.2) is 30.3 Å². The molecule has 0 amide bonds. The predicted octanol–water partition coefficient (Wildman–Crippen LogP) is 3.87. The topological polar surface area (TPSA) is 23.1 Å². The Morgan fingerprint density at radius 1 is 1.25 bits per heavy atom. The molecule has 2 atom stereocenters. The van der Waals surface area contributed by atoms with Gasteiger partial charge in [-0.1, -0.05) is 40.8 Å². The van der Waals surface area contributed by atoms with Crippen molar-refractivity contribution >= 4 is 28.3 Å². The van der Waals surface area contributed by atoms with Crippen molar-refractivity contribution in [1.82, 2.24) is 4.65 Å². The third-order valence-corrected chi connectivity index (χ3v) is 5.48. The third-order valence-electron chi connectivity index (χ3n) is 3.83. The molecule has 1 aromatic carbocycles. The zero-order valence-electron chi connectivity index (χ0n) is 10.0. The summed E-state index contributed by atoms with van der Waals surface area (Å²) in [4.78, 5) is 0. The fourth-order valence-electron chi connectivity index (χ4n) is 3.22. The molecule has 0 aliphatic carbocycles. The fourth-order valence-corrected chi connectivity index (χ4v) is 3.97. The van der Waals surface area contributed by atoms with Gasteiger partial charge in [-0.25, -0.2) is 0 Å². The van der Waals surface area contributed by atoms with Crippen LogP contribution in [0, 0.1) is 5.21 Å². The van der Waals surface area contributed by atoms with Crippen LogP contribution in [0.3, 0.4) is 0 Å². The molecule has 0 bridgehead atoms. The zero-order valence-corrected chi connectivity index (χ0v) is 12.2. The quantitative estimate of drug-likeness (QED) is 0.349. The minimum absolute atomic E-state index is 0.175. The molecule has 1 fully saturated rings. The summed E-state index contributed by atoms with van der Waals surface area (Å²) in [5.74, 6) is 0. The highest BCUT2D eigenvalue weighted by atomic mass is 127. The molecule has 2 rings (SSSR count). The summed E-state index contributed by atoms with van der Waals surface area (Å²) < 4.78 is 0.705. The monoisotopic (exact) mass is 331 g/mol. The average molecular weight is 331 g/mol. The number of quaternary nitrogens is 1. The molecule has 0 aromatic heterocycles. The van der Waals surface area contributed by atoms with E-state index in [1.165, 1.54) is 0 Å². The van der Waals surface area contributed by atoms with E-state index in [9.17, 15) is 5.21 Å². The molecule has 2 nitrogen and oxygen atoms in total. The maximum atomic E-state index is 13.2. The lowest BCUT2D eigenvalue weighted by Gasteiger charge is -2.72. The van der Waals surface area contributed by atoms with Gasteiger partial charge >= 0.3 is 0 Å². The first-order valence-corrected chi connectivity index (χ1v) is 7.12. The summed E-state index contributed by atoms with van der Waals surface area (Å²) in [6.07, 6.45) is 0.987. The molecule has 1 aliphatic rings. The van der Waals surface area contributed by atoms with Crippen LogP contribution in [0.2, 0.25) is 0 Å². The number of nitrogens with zero attached hydrogens (tertiary/aromatic N) is 1. The van der Waals surface area contributed by atoms with Crippen molar-refractivity contribution in [2.45, 2.75) is 38.3 Å². The van der Waals surface area contributed by atoms with Gasteiger partial charge in [0, 0.05) is 0 Å². The fraction of sp³-hybridized carbons (Fsp3) is 0.538. The van der Waals surface area contributed by atoms with Gasteiger partial charge in [-0.05, 0) is 32.9 Å². The number of rotatable bonds is 2. The third kappa shape index (κ3) is 1.38. The molecule has 0 radical (unpaired) electrons. The Morgan fingerprint density at radius 3 is 2.25 bits per heavy atom. The van der Waals surface area contributed by atoms with Gasteiger partial charge in [0.25, 0.3) is 0 Å². The Labute approximate surface area is 111 Å². The van der Waals surface area contributed by atoms with Crippen LogP contribution in [0.1, 0.15) is 27.2 Å². The summed E-state index contributed by atoms with van der Waals surface area (Å²) in [6.45, 7) is 6.24. The van der Waals surface area contributed by atoms with Crippen LogP contribution >= 0.6 is 22.6 Å². The van der Waals surface area contributed by atoms with Crippen molar-refractivity contribution in [2.75, 3.05) is 4.43 Å². The first kappa shape index (κ1) is 12.3. The summed E-state index contributed by atoms with van der Waals surface area (Å²) in [5.41, 5.74) is 0.505. The summed E-state index contributed by atoms with van der Waals surface area (Å²) in [6, 6.07) is 9.78. The molecule has 1 heterocycles. The second-order valence-electron chi connectivity index (χ2n) is 5.56. The molecule has 16 heavy (non-hydrogen) atoms.